The van der Waals surface area contributed by atoms with Crippen LogP contribution in [0.2, 0.25) is 18.1 Å². The minimum Gasteiger partial charge on any atom is -0.395 e. The summed E-state index contributed by atoms with van der Waals surface area (Å²) >= 11 is 0. The number of aryl methyl sites for hydroxylation is 2. The molecule has 0 radical (unpaired) electrons. The Kier molecular flexibility index (Phi) is 5.25. The lowest BCUT2D eigenvalue weighted by Gasteiger charge is -2.37. The van der Waals surface area contributed by atoms with Crippen LogP contribution in [0.1, 0.15) is 31.9 Å². The maximum Gasteiger partial charge on any atom is 0.577 e. The summed E-state index contributed by atoms with van der Waals surface area (Å²) in [5.74, 6) is 1.13. The highest BCUT2D eigenvalue weighted by Crippen LogP contribution is 2.63. The molecule has 0 fully saturated rings. The first-order valence-electron chi connectivity index (χ1n) is 11.7. The Morgan fingerprint density at radius 2 is 1.18 bits per heavy atom. The smallest absolute Gasteiger partial charge is 0.395 e. The quantitative estimate of drug-likeness (QED) is 0.207. The molecule has 0 bridgehead atoms. The zero-order valence-corrected chi connectivity index (χ0v) is 22.7. The maximum atomic E-state index is 14.4. The zero-order chi connectivity index (χ0) is 24.5. The minimum absolute atomic E-state index is 0.161. The Morgan fingerprint density at radius 3 is 1.59 bits per heavy atom. The van der Waals surface area contributed by atoms with Gasteiger partial charge in [0.1, 0.15) is 11.5 Å². The van der Waals surface area contributed by atoms with E-state index >= 15 is 0 Å². The molecular weight excluding hydrogens is 459 g/mol. The average molecular weight is 491 g/mol. The Bertz CT molecular complexity index is 1400. The van der Waals surface area contributed by atoms with Gasteiger partial charge in [0.15, 0.2) is 0 Å². The van der Waals surface area contributed by atoms with Crippen LogP contribution >= 0.6 is 7.82 Å². The van der Waals surface area contributed by atoms with Crippen LogP contribution in [0.4, 0.5) is 0 Å². The van der Waals surface area contributed by atoms with E-state index in [4.69, 9.17) is 13.3 Å². The molecule has 0 aliphatic carbocycles. The molecule has 0 unspecified atom stereocenters. The third kappa shape index (κ3) is 3.67. The fourth-order valence-corrected chi connectivity index (χ4v) is 8.95. The summed E-state index contributed by atoms with van der Waals surface area (Å²) in [6, 6.07) is 20.6. The van der Waals surface area contributed by atoms with Crippen molar-refractivity contribution in [3.8, 4) is 22.6 Å². The Hall–Kier alpha value is -2.59. The zero-order valence-electron chi connectivity index (χ0n) is 20.9. The van der Waals surface area contributed by atoms with Crippen molar-refractivity contribution < 1.29 is 17.8 Å². The third-order valence-electron chi connectivity index (χ3n) is 7.18. The molecule has 0 spiro atoms. The van der Waals surface area contributed by atoms with Crippen LogP contribution in [0.5, 0.6) is 11.5 Å². The molecule has 0 saturated heterocycles. The van der Waals surface area contributed by atoms with Crippen molar-refractivity contribution in [2.75, 3.05) is 0 Å². The largest absolute Gasteiger partial charge is 0.577 e. The first-order valence-corrected chi connectivity index (χ1v) is 16.0. The molecule has 0 N–H and O–H groups in total. The molecule has 6 heteroatoms. The summed E-state index contributed by atoms with van der Waals surface area (Å²) in [5.41, 5.74) is 3.61. The maximum absolute atomic E-state index is 14.4. The fraction of sp³-hybridized carbons (Fsp3) is 0.286. The molecule has 1 aliphatic heterocycles. The molecule has 0 amide bonds. The van der Waals surface area contributed by atoms with E-state index in [-0.39, 0.29) is 5.04 Å². The van der Waals surface area contributed by atoms with Crippen LogP contribution in [0.15, 0.2) is 60.7 Å². The van der Waals surface area contributed by atoms with Gasteiger partial charge in [-0.3, -0.25) is 0 Å². The van der Waals surface area contributed by atoms with Crippen molar-refractivity contribution in [1.82, 2.24) is 0 Å². The van der Waals surface area contributed by atoms with Gasteiger partial charge in [0.25, 0.3) is 0 Å². The molecule has 0 saturated carbocycles. The van der Waals surface area contributed by atoms with Gasteiger partial charge in [-0.15, -0.1) is 0 Å². The van der Waals surface area contributed by atoms with Gasteiger partial charge < -0.3 is 13.3 Å². The standard InChI is InChI=1S/C28H31O4PSi/c1-18-16-20-12-8-10-14-22(20)24-25-23-15-11-9-13-21(23)17-19(2)27(25)31-33(29,30-26(18)24)32-34(6,7)28(3,4)5/h8-17H,1-7H3. The number of hydrogen-bond acceptors (Lipinski definition) is 4. The lowest BCUT2D eigenvalue weighted by atomic mass is 9.89. The number of hydrogen-bond donors (Lipinski definition) is 0. The van der Waals surface area contributed by atoms with E-state index < -0.39 is 16.1 Å². The lowest BCUT2D eigenvalue weighted by molar-refractivity contribution is 0.290. The number of phosphoric acid groups is 1. The molecule has 5 rings (SSSR count). The summed E-state index contributed by atoms with van der Waals surface area (Å²) in [4.78, 5) is 0. The highest BCUT2D eigenvalue weighted by Gasteiger charge is 2.48. The second-order valence-corrected chi connectivity index (χ2v) is 17.2. The van der Waals surface area contributed by atoms with E-state index in [9.17, 15) is 4.57 Å². The minimum atomic E-state index is -3.99. The monoisotopic (exact) mass is 490 g/mol. The van der Waals surface area contributed by atoms with Crippen molar-refractivity contribution in [3.63, 3.8) is 0 Å². The molecule has 0 atom stereocenters. The molecule has 4 nitrogen and oxygen atoms in total. The summed E-state index contributed by atoms with van der Waals surface area (Å²) in [6.07, 6.45) is 0. The Labute approximate surface area is 202 Å². The van der Waals surface area contributed by atoms with Gasteiger partial charge in [0.2, 0.25) is 8.32 Å². The van der Waals surface area contributed by atoms with Crippen molar-refractivity contribution in [2.45, 2.75) is 52.8 Å². The lowest BCUT2D eigenvalue weighted by Crippen LogP contribution is -2.40. The number of fused-ring (bicyclic) bond motifs is 7. The SMILES string of the molecule is Cc1cc2ccccc2c2c1OP(=O)(O[Si](C)(C)C(C)(C)C)Oc1c(C)cc3ccccc3c1-2. The van der Waals surface area contributed by atoms with E-state index in [2.05, 4.69) is 70.3 Å². The van der Waals surface area contributed by atoms with Crippen molar-refractivity contribution in [3.05, 3.63) is 71.8 Å². The molecule has 0 aromatic heterocycles. The molecule has 176 valence electrons. The summed E-state index contributed by atoms with van der Waals surface area (Å²) in [6.45, 7) is 14.4. The van der Waals surface area contributed by atoms with Gasteiger partial charge in [-0.25, -0.2) is 4.57 Å². The van der Waals surface area contributed by atoms with E-state index in [0.717, 1.165) is 43.8 Å². The molecule has 1 heterocycles. The highest BCUT2D eigenvalue weighted by molar-refractivity contribution is 7.51. The molecule has 1 aliphatic rings. The first kappa shape index (κ1) is 23.2. The van der Waals surface area contributed by atoms with Crippen LogP contribution in [0.3, 0.4) is 0 Å². The Morgan fingerprint density at radius 1 is 0.765 bits per heavy atom. The summed E-state index contributed by atoms with van der Waals surface area (Å²) in [7, 11) is -6.47. The number of benzene rings is 4. The fourth-order valence-electron chi connectivity index (χ4n) is 4.37. The van der Waals surface area contributed by atoms with Crippen molar-refractivity contribution in [2.24, 2.45) is 0 Å². The van der Waals surface area contributed by atoms with Crippen LogP contribution in [-0.4, -0.2) is 8.32 Å². The van der Waals surface area contributed by atoms with E-state index in [0.29, 0.717) is 11.5 Å². The second-order valence-electron chi connectivity index (χ2n) is 10.7. The van der Waals surface area contributed by atoms with Crippen LogP contribution in [0, 0.1) is 13.8 Å². The van der Waals surface area contributed by atoms with Gasteiger partial charge in [-0.05, 0) is 76.8 Å². The van der Waals surface area contributed by atoms with Crippen LogP contribution in [-0.2, 0) is 8.78 Å². The molecule has 4 aromatic carbocycles. The van der Waals surface area contributed by atoms with Gasteiger partial charge >= 0.3 is 7.82 Å². The van der Waals surface area contributed by atoms with Gasteiger partial charge in [0.05, 0.1) is 0 Å². The Balaban J connectivity index is 1.90. The van der Waals surface area contributed by atoms with E-state index in [1.807, 2.05) is 38.1 Å². The van der Waals surface area contributed by atoms with Crippen LogP contribution < -0.4 is 9.05 Å². The number of rotatable bonds is 2. The molecule has 34 heavy (non-hydrogen) atoms. The average Bonchev–Trinajstić information content (AvgIpc) is 2.88. The second kappa shape index (κ2) is 7.71. The molecule has 4 aromatic rings. The van der Waals surface area contributed by atoms with E-state index in [1.165, 1.54) is 0 Å². The predicted octanol–water partition coefficient (Wildman–Crippen LogP) is 9.18. The van der Waals surface area contributed by atoms with Crippen molar-refractivity contribution in [1.29, 1.82) is 0 Å². The van der Waals surface area contributed by atoms with Crippen LogP contribution in [0.25, 0.3) is 32.7 Å². The predicted molar refractivity (Wildman–Crippen MR) is 144 cm³/mol. The topological polar surface area (TPSA) is 44.8 Å². The molecular formula is C28H31O4PSi. The van der Waals surface area contributed by atoms with E-state index in [1.54, 1.807) is 0 Å². The highest BCUT2D eigenvalue weighted by atomic mass is 31.2. The first-order chi connectivity index (χ1) is 15.9. The van der Waals surface area contributed by atoms with Gasteiger partial charge in [-0.2, -0.15) is 0 Å². The summed E-state index contributed by atoms with van der Waals surface area (Å²) in [5, 5.41) is 4.10. The van der Waals surface area contributed by atoms with Gasteiger partial charge in [0, 0.05) is 11.1 Å². The normalized spacial score (nSPS) is 15.3. The summed E-state index contributed by atoms with van der Waals surface area (Å²) < 4.78 is 33.5. The van der Waals surface area contributed by atoms with Crippen molar-refractivity contribution >= 4 is 37.7 Å². The van der Waals surface area contributed by atoms with Gasteiger partial charge in [-0.1, -0.05) is 69.3 Å². The number of phosphoric ester groups is 1. The third-order valence-corrected chi connectivity index (χ3v) is 14.3.